The summed E-state index contributed by atoms with van der Waals surface area (Å²) in [6.07, 6.45) is -0.665. The van der Waals surface area contributed by atoms with Crippen molar-refractivity contribution in [2.45, 2.75) is 6.10 Å². The lowest BCUT2D eigenvalue weighted by atomic mass is 10.1. The lowest BCUT2D eigenvalue weighted by molar-refractivity contribution is 0.225. The van der Waals surface area contributed by atoms with Crippen molar-refractivity contribution in [3.63, 3.8) is 0 Å². The summed E-state index contributed by atoms with van der Waals surface area (Å²) in [7, 11) is 0. The second kappa shape index (κ2) is 4.23. The van der Waals surface area contributed by atoms with E-state index in [1.54, 1.807) is 18.2 Å². The van der Waals surface area contributed by atoms with Crippen LogP contribution in [-0.4, -0.2) is 5.11 Å². The molecule has 78 valence electrons. The Hall–Kier alpha value is -1.03. The van der Waals surface area contributed by atoms with Crippen molar-refractivity contribution in [1.29, 1.82) is 0 Å². The van der Waals surface area contributed by atoms with Crippen molar-refractivity contribution in [3.8, 4) is 0 Å². The van der Waals surface area contributed by atoms with Crippen LogP contribution in [0, 0.1) is 0 Å². The highest BCUT2D eigenvalue weighted by Crippen LogP contribution is 2.30. The highest BCUT2D eigenvalue weighted by molar-refractivity contribution is 7.10. The maximum Gasteiger partial charge on any atom is 0.115 e. The largest absolute Gasteiger partial charge is 0.398 e. The molecule has 0 saturated heterocycles. The number of hydrogen-bond donors (Lipinski definition) is 2. The summed E-state index contributed by atoms with van der Waals surface area (Å²) in [6, 6.07) is 8.90. The lowest BCUT2D eigenvalue weighted by Crippen LogP contribution is -2.01. The van der Waals surface area contributed by atoms with Gasteiger partial charge < -0.3 is 10.8 Å². The Morgan fingerprint density at radius 2 is 2.13 bits per heavy atom. The molecular weight excluding hydrogens is 230 g/mol. The number of benzene rings is 1. The summed E-state index contributed by atoms with van der Waals surface area (Å²) in [5, 5.41) is 12.5. The molecule has 0 spiro atoms. The molecule has 0 aliphatic rings. The van der Waals surface area contributed by atoms with E-state index in [9.17, 15) is 5.11 Å². The van der Waals surface area contributed by atoms with Gasteiger partial charge >= 0.3 is 0 Å². The molecule has 0 bridgehead atoms. The zero-order chi connectivity index (χ0) is 10.8. The first kappa shape index (κ1) is 10.5. The van der Waals surface area contributed by atoms with Crippen LogP contribution in [0.3, 0.4) is 0 Å². The van der Waals surface area contributed by atoms with E-state index in [1.807, 2.05) is 17.5 Å². The van der Waals surface area contributed by atoms with E-state index in [0.29, 0.717) is 16.3 Å². The van der Waals surface area contributed by atoms with Crippen molar-refractivity contribution < 1.29 is 5.11 Å². The molecule has 1 aromatic carbocycles. The van der Waals surface area contributed by atoms with Crippen LogP contribution in [0.1, 0.15) is 16.5 Å². The van der Waals surface area contributed by atoms with Gasteiger partial charge in [0.1, 0.15) is 6.10 Å². The van der Waals surface area contributed by atoms with Crippen molar-refractivity contribution in [1.82, 2.24) is 0 Å². The minimum absolute atomic E-state index is 0.517. The smallest absolute Gasteiger partial charge is 0.115 e. The standard InChI is InChI=1S/C11H10ClNOS/c12-7-3-4-8(9(13)6-7)11(14)10-2-1-5-15-10/h1-6,11,14H,13H2. The quantitative estimate of drug-likeness (QED) is 0.792. The van der Waals surface area contributed by atoms with Crippen molar-refractivity contribution in [3.05, 3.63) is 51.2 Å². The first-order chi connectivity index (χ1) is 7.18. The molecule has 2 nitrogen and oxygen atoms in total. The van der Waals surface area contributed by atoms with Crippen molar-refractivity contribution >= 4 is 28.6 Å². The Morgan fingerprint density at radius 1 is 1.33 bits per heavy atom. The zero-order valence-electron chi connectivity index (χ0n) is 7.85. The Balaban J connectivity index is 2.38. The van der Waals surface area contributed by atoms with E-state index in [-0.39, 0.29) is 0 Å². The van der Waals surface area contributed by atoms with Crippen molar-refractivity contribution in [2.24, 2.45) is 0 Å². The van der Waals surface area contributed by atoms with Crippen LogP contribution in [-0.2, 0) is 0 Å². The van der Waals surface area contributed by atoms with Gasteiger partial charge in [-0.05, 0) is 23.6 Å². The molecule has 0 amide bonds. The lowest BCUT2D eigenvalue weighted by Gasteiger charge is -2.11. The predicted molar refractivity (Wildman–Crippen MR) is 64.2 cm³/mol. The van der Waals surface area contributed by atoms with E-state index in [1.165, 1.54) is 11.3 Å². The molecule has 3 N–H and O–H groups in total. The number of thiophene rings is 1. The van der Waals surface area contributed by atoms with Gasteiger partial charge in [-0.15, -0.1) is 11.3 Å². The Kier molecular flexibility index (Phi) is 2.95. The molecule has 0 aliphatic carbocycles. The summed E-state index contributed by atoms with van der Waals surface area (Å²) >= 11 is 7.29. The number of aliphatic hydroxyl groups is 1. The van der Waals surface area contributed by atoms with Gasteiger partial charge in [0.25, 0.3) is 0 Å². The molecular formula is C11H10ClNOS. The monoisotopic (exact) mass is 239 g/mol. The first-order valence-corrected chi connectivity index (χ1v) is 5.70. The van der Waals surface area contributed by atoms with Gasteiger partial charge in [-0.3, -0.25) is 0 Å². The fourth-order valence-corrected chi connectivity index (χ4v) is 2.30. The van der Waals surface area contributed by atoms with Crippen LogP contribution in [0.2, 0.25) is 5.02 Å². The normalized spacial score (nSPS) is 12.7. The zero-order valence-corrected chi connectivity index (χ0v) is 9.42. The minimum Gasteiger partial charge on any atom is -0.398 e. The van der Waals surface area contributed by atoms with E-state index < -0.39 is 6.10 Å². The molecule has 1 unspecified atom stereocenters. The van der Waals surface area contributed by atoms with Crippen LogP contribution in [0.4, 0.5) is 5.69 Å². The number of aliphatic hydroxyl groups excluding tert-OH is 1. The number of nitrogens with two attached hydrogens (primary N) is 1. The van der Waals surface area contributed by atoms with Gasteiger partial charge in [0.2, 0.25) is 0 Å². The summed E-state index contributed by atoms with van der Waals surface area (Å²) in [5.74, 6) is 0. The van der Waals surface area contributed by atoms with Crippen LogP contribution in [0.15, 0.2) is 35.7 Å². The van der Waals surface area contributed by atoms with Crippen LogP contribution in [0.25, 0.3) is 0 Å². The third-order valence-corrected chi connectivity index (χ3v) is 3.32. The fraction of sp³-hybridized carbons (Fsp3) is 0.0909. The van der Waals surface area contributed by atoms with E-state index in [4.69, 9.17) is 17.3 Å². The number of hydrogen-bond acceptors (Lipinski definition) is 3. The molecule has 1 heterocycles. The van der Waals surface area contributed by atoms with Gasteiger partial charge in [-0.1, -0.05) is 23.7 Å². The molecule has 2 aromatic rings. The third kappa shape index (κ3) is 2.15. The summed E-state index contributed by atoms with van der Waals surface area (Å²) < 4.78 is 0. The van der Waals surface area contributed by atoms with Gasteiger partial charge in [-0.25, -0.2) is 0 Å². The second-order valence-electron chi connectivity index (χ2n) is 3.19. The van der Waals surface area contributed by atoms with E-state index in [2.05, 4.69) is 0 Å². The van der Waals surface area contributed by atoms with E-state index >= 15 is 0 Å². The highest BCUT2D eigenvalue weighted by Gasteiger charge is 2.14. The number of nitrogen functional groups attached to an aromatic ring is 1. The molecule has 0 saturated carbocycles. The average Bonchev–Trinajstić information content (AvgIpc) is 2.69. The average molecular weight is 240 g/mol. The highest BCUT2D eigenvalue weighted by atomic mass is 35.5. The Labute approximate surface area is 96.9 Å². The SMILES string of the molecule is Nc1cc(Cl)ccc1C(O)c1cccs1. The summed E-state index contributed by atoms with van der Waals surface area (Å²) in [4.78, 5) is 0.879. The fourth-order valence-electron chi connectivity index (χ4n) is 1.39. The van der Waals surface area contributed by atoms with E-state index in [0.717, 1.165) is 4.88 Å². The molecule has 1 atom stereocenters. The minimum atomic E-state index is -0.665. The predicted octanol–water partition coefficient (Wildman–Crippen LogP) is 3.07. The van der Waals surface area contributed by atoms with Gasteiger partial charge in [0.05, 0.1) is 0 Å². The molecule has 0 aliphatic heterocycles. The molecule has 1 aromatic heterocycles. The van der Waals surface area contributed by atoms with Gasteiger partial charge in [0.15, 0.2) is 0 Å². The maximum absolute atomic E-state index is 10.0. The molecule has 0 fully saturated rings. The van der Waals surface area contributed by atoms with Gasteiger partial charge in [0, 0.05) is 21.2 Å². The summed E-state index contributed by atoms with van der Waals surface area (Å²) in [6.45, 7) is 0. The van der Waals surface area contributed by atoms with Crippen molar-refractivity contribution in [2.75, 3.05) is 5.73 Å². The first-order valence-electron chi connectivity index (χ1n) is 4.45. The molecule has 15 heavy (non-hydrogen) atoms. The second-order valence-corrected chi connectivity index (χ2v) is 4.61. The third-order valence-electron chi connectivity index (χ3n) is 2.16. The molecule has 4 heteroatoms. The number of halogens is 1. The maximum atomic E-state index is 10.0. The Morgan fingerprint density at radius 3 is 2.73 bits per heavy atom. The number of anilines is 1. The Bertz CT molecular complexity index is 456. The van der Waals surface area contributed by atoms with Crippen LogP contribution in [0.5, 0.6) is 0 Å². The molecule has 2 rings (SSSR count). The van der Waals surface area contributed by atoms with Gasteiger partial charge in [-0.2, -0.15) is 0 Å². The molecule has 0 radical (unpaired) electrons. The van der Waals surface area contributed by atoms with Crippen LogP contribution < -0.4 is 5.73 Å². The van der Waals surface area contributed by atoms with Crippen LogP contribution >= 0.6 is 22.9 Å². The topological polar surface area (TPSA) is 46.2 Å². The summed E-state index contributed by atoms with van der Waals surface area (Å²) in [5.41, 5.74) is 7.00. The number of rotatable bonds is 2.